The molecular weight excluding hydrogens is 629 g/mol. The predicted molar refractivity (Wildman–Crippen MR) is 221 cm³/mol. The molecule has 1 aromatic heterocycles. The van der Waals surface area contributed by atoms with Gasteiger partial charge in [0.25, 0.3) is 0 Å². The first-order valence-electron chi connectivity index (χ1n) is 17.9. The van der Waals surface area contributed by atoms with E-state index in [-0.39, 0.29) is 0 Å². The van der Waals surface area contributed by atoms with Crippen LogP contribution in [0.15, 0.2) is 194 Å². The zero-order valence-electron chi connectivity index (χ0n) is 28.4. The highest BCUT2D eigenvalue weighted by molar-refractivity contribution is 6.41. The Balaban J connectivity index is 1.17. The summed E-state index contributed by atoms with van der Waals surface area (Å²) in [5, 5.41) is 10.6. The lowest BCUT2D eigenvalue weighted by atomic mass is 9.86. The normalized spacial score (nSPS) is 11.8. The van der Waals surface area contributed by atoms with Crippen LogP contribution in [0.3, 0.4) is 0 Å². The van der Waals surface area contributed by atoms with E-state index in [1.54, 1.807) is 0 Å². The van der Waals surface area contributed by atoms with Gasteiger partial charge in [0.1, 0.15) is 0 Å². The summed E-state index contributed by atoms with van der Waals surface area (Å²) in [5.74, 6) is 0. The van der Waals surface area contributed by atoms with Gasteiger partial charge in [0, 0.05) is 44.3 Å². The smallest absolute Gasteiger partial charge is 0.0548 e. The Morgan fingerprint density at radius 2 is 0.885 bits per heavy atom. The van der Waals surface area contributed by atoms with Crippen molar-refractivity contribution >= 4 is 71.2 Å². The molecule has 0 aliphatic carbocycles. The highest BCUT2D eigenvalue weighted by atomic mass is 15.1. The van der Waals surface area contributed by atoms with Crippen LogP contribution in [-0.2, 0) is 0 Å². The van der Waals surface area contributed by atoms with Crippen LogP contribution in [0.5, 0.6) is 0 Å². The van der Waals surface area contributed by atoms with Crippen LogP contribution in [0.25, 0.3) is 82.1 Å². The third kappa shape index (κ3) is 4.25. The molecule has 11 rings (SSSR count). The van der Waals surface area contributed by atoms with E-state index in [0.29, 0.717) is 0 Å². The number of rotatable bonds is 6. The van der Waals surface area contributed by atoms with Crippen LogP contribution in [0.1, 0.15) is 0 Å². The fraction of sp³-hybridized carbons (Fsp3) is 0. The molecule has 0 fully saturated rings. The second-order valence-corrected chi connectivity index (χ2v) is 13.7. The minimum absolute atomic E-state index is 1.11. The fourth-order valence-corrected chi connectivity index (χ4v) is 8.64. The Kier molecular flexibility index (Phi) is 6.28. The van der Waals surface area contributed by atoms with Crippen molar-refractivity contribution in [1.29, 1.82) is 0 Å². The molecule has 0 saturated heterocycles. The molecule has 1 heterocycles. The number of aromatic nitrogens is 1. The van der Waals surface area contributed by atoms with Crippen molar-refractivity contribution in [2.75, 3.05) is 4.90 Å². The lowest BCUT2D eigenvalue weighted by Gasteiger charge is -2.26. The van der Waals surface area contributed by atoms with Crippen molar-refractivity contribution in [1.82, 2.24) is 4.57 Å². The van der Waals surface area contributed by atoms with Gasteiger partial charge in [-0.05, 0) is 98.4 Å². The maximum atomic E-state index is 2.48. The molecule has 2 heteroatoms. The zero-order valence-corrected chi connectivity index (χ0v) is 28.4. The van der Waals surface area contributed by atoms with Gasteiger partial charge < -0.3 is 9.47 Å². The molecule has 0 aliphatic heterocycles. The van der Waals surface area contributed by atoms with Gasteiger partial charge in [-0.1, -0.05) is 140 Å². The second-order valence-electron chi connectivity index (χ2n) is 13.7. The number of hydrogen-bond acceptors (Lipinski definition) is 1. The standard InChI is InChI=1S/C50H32N2/c1-4-12-33(13-5-1)34-24-27-39(28-25-34)51(38-17-8-3-9-18-38)40-19-11-20-41(32-40)52-44-30-26-37-23-22-36-16-10-21-43-46(36)47(37)49(44)50-45(52)31-29-42(48(43)50)35-14-6-2-7-15-35/h1-32H. The summed E-state index contributed by atoms with van der Waals surface area (Å²) >= 11 is 0. The van der Waals surface area contributed by atoms with E-state index in [9.17, 15) is 0 Å². The van der Waals surface area contributed by atoms with E-state index in [0.717, 1.165) is 22.7 Å². The Hall–Kier alpha value is -6.90. The van der Waals surface area contributed by atoms with Crippen LogP contribution >= 0.6 is 0 Å². The molecule has 242 valence electrons. The van der Waals surface area contributed by atoms with Crippen molar-refractivity contribution in [2.24, 2.45) is 0 Å². The zero-order chi connectivity index (χ0) is 34.2. The number of benzene rings is 10. The average molecular weight is 661 g/mol. The molecule has 2 nitrogen and oxygen atoms in total. The van der Waals surface area contributed by atoms with Gasteiger partial charge in [-0.3, -0.25) is 0 Å². The highest BCUT2D eigenvalue weighted by Crippen LogP contribution is 2.50. The third-order valence-corrected chi connectivity index (χ3v) is 10.9. The molecule has 52 heavy (non-hydrogen) atoms. The Bertz CT molecular complexity index is 3030. The molecule has 0 saturated carbocycles. The minimum Gasteiger partial charge on any atom is -0.310 e. The van der Waals surface area contributed by atoms with Gasteiger partial charge in [-0.2, -0.15) is 0 Å². The quantitative estimate of drug-likeness (QED) is 0.127. The molecule has 0 N–H and O–H groups in total. The van der Waals surface area contributed by atoms with Crippen molar-refractivity contribution in [3.63, 3.8) is 0 Å². The van der Waals surface area contributed by atoms with Gasteiger partial charge >= 0.3 is 0 Å². The first-order chi connectivity index (χ1) is 25.8. The van der Waals surface area contributed by atoms with E-state index < -0.39 is 0 Å². The number of fused-ring (bicyclic) bond motifs is 1. The number of hydrogen-bond donors (Lipinski definition) is 0. The van der Waals surface area contributed by atoms with E-state index >= 15 is 0 Å². The summed E-state index contributed by atoms with van der Waals surface area (Å²) in [6.45, 7) is 0. The number of para-hydroxylation sites is 1. The molecule has 0 bridgehead atoms. The summed E-state index contributed by atoms with van der Waals surface area (Å²) in [6, 6.07) is 70.7. The van der Waals surface area contributed by atoms with Gasteiger partial charge in [0.2, 0.25) is 0 Å². The fourth-order valence-electron chi connectivity index (χ4n) is 8.64. The molecule has 0 spiro atoms. The maximum absolute atomic E-state index is 2.48. The molecular formula is C50H32N2. The summed E-state index contributed by atoms with van der Waals surface area (Å²) in [7, 11) is 0. The van der Waals surface area contributed by atoms with Gasteiger partial charge in [-0.15, -0.1) is 0 Å². The summed E-state index contributed by atoms with van der Waals surface area (Å²) < 4.78 is 2.48. The lowest BCUT2D eigenvalue weighted by Crippen LogP contribution is -2.10. The topological polar surface area (TPSA) is 8.17 Å². The Labute approximate surface area is 301 Å². The van der Waals surface area contributed by atoms with Gasteiger partial charge in [0.05, 0.1) is 11.0 Å². The van der Waals surface area contributed by atoms with E-state index in [2.05, 4.69) is 204 Å². The lowest BCUT2D eigenvalue weighted by molar-refractivity contribution is 1.17. The van der Waals surface area contributed by atoms with Gasteiger partial charge in [0.15, 0.2) is 0 Å². The van der Waals surface area contributed by atoms with Crippen molar-refractivity contribution < 1.29 is 0 Å². The van der Waals surface area contributed by atoms with E-state index in [4.69, 9.17) is 0 Å². The van der Waals surface area contributed by atoms with Crippen molar-refractivity contribution in [3.8, 4) is 27.9 Å². The highest BCUT2D eigenvalue weighted by Gasteiger charge is 2.24. The first kappa shape index (κ1) is 28.9. The molecule has 0 radical (unpaired) electrons. The third-order valence-electron chi connectivity index (χ3n) is 10.9. The van der Waals surface area contributed by atoms with Crippen molar-refractivity contribution in [3.05, 3.63) is 194 Å². The number of nitrogens with zero attached hydrogens (tertiary/aromatic N) is 2. The largest absolute Gasteiger partial charge is 0.310 e. The SMILES string of the molecule is c1ccc(-c2ccc(N(c3ccccc3)c3cccc(-n4c5ccc(-c6ccccc6)c6c7cccc8ccc9ccc4c(c9c87)c65)c3)cc2)cc1. The van der Waals surface area contributed by atoms with Crippen LogP contribution in [0, 0.1) is 0 Å². The van der Waals surface area contributed by atoms with Crippen LogP contribution in [0.4, 0.5) is 17.1 Å². The van der Waals surface area contributed by atoms with Crippen molar-refractivity contribution in [2.45, 2.75) is 0 Å². The predicted octanol–water partition coefficient (Wildman–Crippen LogP) is 13.9. The second kappa shape index (κ2) is 11.3. The van der Waals surface area contributed by atoms with E-state index in [1.165, 1.54) is 76.4 Å². The summed E-state index contributed by atoms with van der Waals surface area (Å²) in [4.78, 5) is 2.36. The van der Waals surface area contributed by atoms with Crippen LogP contribution in [-0.4, -0.2) is 4.57 Å². The molecule has 0 atom stereocenters. The molecule has 11 aromatic rings. The molecule has 10 aromatic carbocycles. The maximum Gasteiger partial charge on any atom is 0.0548 e. The Morgan fingerprint density at radius 1 is 0.327 bits per heavy atom. The molecule has 0 aliphatic rings. The molecule has 0 amide bonds. The summed E-state index contributed by atoms with van der Waals surface area (Å²) in [5.41, 5.74) is 11.8. The van der Waals surface area contributed by atoms with Gasteiger partial charge in [-0.25, -0.2) is 0 Å². The van der Waals surface area contributed by atoms with E-state index in [1.807, 2.05) is 0 Å². The Morgan fingerprint density at radius 3 is 1.63 bits per heavy atom. The number of anilines is 3. The van der Waals surface area contributed by atoms with Crippen LogP contribution in [0.2, 0.25) is 0 Å². The van der Waals surface area contributed by atoms with Crippen LogP contribution < -0.4 is 4.90 Å². The minimum atomic E-state index is 1.11. The first-order valence-corrected chi connectivity index (χ1v) is 17.9. The summed E-state index contributed by atoms with van der Waals surface area (Å²) in [6.07, 6.45) is 0. The monoisotopic (exact) mass is 660 g/mol. The molecule has 0 unspecified atom stereocenters. The average Bonchev–Trinajstić information content (AvgIpc) is 3.56.